The lowest BCUT2D eigenvalue weighted by atomic mass is 10.2. The predicted octanol–water partition coefficient (Wildman–Crippen LogP) is 0.133. The fraction of sp³-hybridized carbons (Fsp3) is 0.778. The van der Waals surface area contributed by atoms with Crippen molar-refractivity contribution in [1.29, 1.82) is 0 Å². The van der Waals surface area contributed by atoms with Crippen LogP contribution in [0.25, 0.3) is 0 Å². The number of carbonyl (C=O) groups excluding carboxylic acids is 2. The number of rotatable bonds is 3. The number of amides is 2. The van der Waals surface area contributed by atoms with Gasteiger partial charge in [0.05, 0.1) is 6.54 Å². The molecule has 4 nitrogen and oxygen atoms in total. The van der Waals surface area contributed by atoms with Crippen molar-refractivity contribution in [2.45, 2.75) is 32.7 Å². The van der Waals surface area contributed by atoms with Crippen molar-refractivity contribution in [2.75, 3.05) is 13.1 Å². The van der Waals surface area contributed by atoms with Gasteiger partial charge in [-0.3, -0.25) is 9.59 Å². The van der Waals surface area contributed by atoms with Gasteiger partial charge in [0.15, 0.2) is 0 Å². The molecule has 74 valence electrons. The van der Waals surface area contributed by atoms with E-state index in [0.717, 1.165) is 12.8 Å². The van der Waals surface area contributed by atoms with Gasteiger partial charge < -0.3 is 10.2 Å². The third-order valence-corrected chi connectivity index (χ3v) is 2.33. The Morgan fingerprint density at radius 1 is 1.54 bits per heavy atom. The lowest BCUT2D eigenvalue weighted by Crippen LogP contribution is -2.57. The van der Waals surface area contributed by atoms with E-state index in [0.29, 0.717) is 6.54 Å². The Kier molecular flexibility index (Phi) is 3.28. The molecule has 1 aliphatic rings. The number of hydrogen-bond acceptors (Lipinski definition) is 2. The normalized spacial score (nSPS) is 23.2. The first-order valence-corrected chi connectivity index (χ1v) is 4.74. The summed E-state index contributed by atoms with van der Waals surface area (Å²) in [5.41, 5.74) is 0. The molecule has 0 spiro atoms. The molecule has 4 heteroatoms. The van der Waals surface area contributed by atoms with Crippen molar-refractivity contribution >= 4 is 11.8 Å². The minimum Gasteiger partial charge on any atom is -0.345 e. The lowest BCUT2D eigenvalue weighted by molar-refractivity contribution is -0.144. The molecule has 1 atom stereocenters. The number of hydrogen-bond donors (Lipinski definition) is 1. The Balaban J connectivity index is 2.55. The van der Waals surface area contributed by atoms with E-state index in [1.807, 2.05) is 0 Å². The van der Waals surface area contributed by atoms with Gasteiger partial charge >= 0.3 is 0 Å². The summed E-state index contributed by atoms with van der Waals surface area (Å²) < 4.78 is 0. The first kappa shape index (κ1) is 10.0. The van der Waals surface area contributed by atoms with Crippen molar-refractivity contribution in [2.24, 2.45) is 0 Å². The molecule has 1 heterocycles. The molecule has 0 aromatic rings. The molecule has 0 aromatic carbocycles. The van der Waals surface area contributed by atoms with Crippen LogP contribution in [0.2, 0.25) is 0 Å². The molecule has 1 N–H and O–H groups in total. The second kappa shape index (κ2) is 4.25. The van der Waals surface area contributed by atoms with Gasteiger partial charge in [0.25, 0.3) is 0 Å². The molecular weight excluding hydrogens is 168 g/mol. The molecule has 0 bridgehead atoms. The highest BCUT2D eigenvalue weighted by Gasteiger charge is 2.29. The Hall–Kier alpha value is -1.06. The van der Waals surface area contributed by atoms with Gasteiger partial charge in [-0.15, -0.1) is 0 Å². The highest BCUT2D eigenvalue weighted by Crippen LogP contribution is 2.06. The maximum absolute atomic E-state index is 11.4. The third kappa shape index (κ3) is 2.20. The summed E-state index contributed by atoms with van der Waals surface area (Å²) in [6.45, 7) is 4.69. The van der Waals surface area contributed by atoms with Gasteiger partial charge in [0.2, 0.25) is 11.8 Å². The summed E-state index contributed by atoms with van der Waals surface area (Å²) >= 11 is 0. The Labute approximate surface area is 78.3 Å². The van der Waals surface area contributed by atoms with Crippen LogP contribution in [0.3, 0.4) is 0 Å². The van der Waals surface area contributed by atoms with Crippen LogP contribution in [0.1, 0.15) is 26.7 Å². The van der Waals surface area contributed by atoms with Crippen molar-refractivity contribution in [3.63, 3.8) is 0 Å². The fourth-order valence-electron chi connectivity index (χ4n) is 1.42. The average molecular weight is 184 g/mol. The van der Waals surface area contributed by atoms with E-state index in [1.54, 1.807) is 11.8 Å². The van der Waals surface area contributed by atoms with Crippen LogP contribution in [0, 0.1) is 0 Å². The number of unbranched alkanes of at least 4 members (excludes halogenated alkanes) is 1. The topological polar surface area (TPSA) is 49.4 Å². The van der Waals surface area contributed by atoms with Gasteiger partial charge in [-0.25, -0.2) is 0 Å². The zero-order valence-electron chi connectivity index (χ0n) is 8.17. The minimum absolute atomic E-state index is 0.0283. The molecule has 0 saturated carbocycles. The molecule has 0 aliphatic carbocycles. The van der Waals surface area contributed by atoms with Crippen molar-refractivity contribution < 1.29 is 9.59 Å². The standard InChI is InChI=1S/C9H16N2O2/c1-3-4-5-11-7(2)9(13)10-6-8(11)12/h7H,3-6H2,1-2H3,(H,10,13). The van der Waals surface area contributed by atoms with Crippen LogP contribution < -0.4 is 5.32 Å². The highest BCUT2D eigenvalue weighted by atomic mass is 16.2. The maximum Gasteiger partial charge on any atom is 0.242 e. The molecule has 1 fully saturated rings. The van der Waals surface area contributed by atoms with Crippen LogP contribution in [-0.4, -0.2) is 35.8 Å². The van der Waals surface area contributed by atoms with Crippen LogP contribution in [0.15, 0.2) is 0 Å². The molecule has 0 radical (unpaired) electrons. The zero-order chi connectivity index (χ0) is 9.84. The number of carbonyl (C=O) groups is 2. The van der Waals surface area contributed by atoms with Crippen LogP contribution in [0.5, 0.6) is 0 Å². The summed E-state index contributed by atoms with van der Waals surface area (Å²) in [6.07, 6.45) is 2.00. The molecule has 1 unspecified atom stereocenters. The molecule has 1 rings (SSSR count). The van der Waals surface area contributed by atoms with E-state index in [2.05, 4.69) is 12.2 Å². The first-order valence-electron chi connectivity index (χ1n) is 4.74. The van der Waals surface area contributed by atoms with Crippen molar-refractivity contribution in [1.82, 2.24) is 10.2 Å². The van der Waals surface area contributed by atoms with Gasteiger partial charge in [0.1, 0.15) is 6.04 Å². The molecule has 2 amide bonds. The van der Waals surface area contributed by atoms with Gasteiger partial charge in [-0.05, 0) is 13.3 Å². The summed E-state index contributed by atoms with van der Waals surface area (Å²) in [5, 5.41) is 2.56. The second-order valence-corrected chi connectivity index (χ2v) is 3.33. The fourth-order valence-corrected chi connectivity index (χ4v) is 1.42. The average Bonchev–Trinajstić information content (AvgIpc) is 2.12. The molecular formula is C9H16N2O2. The van der Waals surface area contributed by atoms with Gasteiger partial charge in [-0.2, -0.15) is 0 Å². The van der Waals surface area contributed by atoms with Crippen LogP contribution in [0.4, 0.5) is 0 Å². The third-order valence-electron chi connectivity index (χ3n) is 2.33. The van der Waals surface area contributed by atoms with E-state index in [-0.39, 0.29) is 24.4 Å². The molecule has 13 heavy (non-hydrogen) atoms. The largest absolute Gasteiger partial charge is 0.345 e. The molecule has 1 aliphatic heterocycles. The monoisotopic (exact) mass is 184 g/mol. The van der Waals surface area contributed by atoms with Gasteiger partial charge in [0, 0.05) is 6.54 Å². The molecule has 0 aromatic heterocycles. The summed E-state index contributed by atoms with van der Waals surface area (Å²) in [7, 11) is 0. The smallest absolute Gasteiger partial charge is 0.242 e. The Morgan fingerprint density at radius 2 is 2.23 bits per heavy atom. The van der Waals surface area contributed by atoms with Gasteiger partial charge in [-0.1, -0.05) is 13.3 Å². The summed E-state index contributed by atoms with van der Waals surface area (Å²) in [5.74, 6) is -0.0174. The number of piperazine rings is 1. The van der Waals surface area contributed by atoms with Crippen molar-refractivity contribution in [3.8, 4) is 0 Å². The molecule has 1 saturated heterocycles. The highest BCUT2D eigenvalue weighted by molar-refractivity contribution is 5.94. The Morgan fingerprint density at radius 3 is 2.85 bits per heavy atom. The minimum atomic E-state index is -0.298. The van der Waals surface area contributed by atoms with E-state index in [1.165, 1.54) is 0 Å². The maximum atomic E-state index is 11.4. The lowest BCUT2D eigenvalue weighted by Gasteiger charge is -2.32. The van der Waals surface area contributed by atoms with Crippen LogP contribution >= 0.6 is 0 Å². The number of nitrogens with one attached hydrogen (secondary N) is 1. The van der Waals surface area contributed by atoms with E-state index in [9.17, 15) is 9.59 Å². The summed E-state index contributed by atoms with van der Waals surface area (Å²) in [4.78, 5) is 24.2. The second-order valence-electron chi connectivity index (χ2n) is 3.33. The zero-order valence-corrected chi connectivity index (χ0v) is 8.17. The van der Waals surface area contributed by atoms with E-state index in [4.69, 9.17) is 0 Å². The van der Waals surface area contributed by atoms with E-state index < -0.39 is 0 Å². The van der Waals surface area contributed by atoms with Crippen LogP contribution in [-0.2, 0) is 9.59 Å². The first-order chi connectivity index (χ1) is 6.16. The Bertz CT molecular complexity index is 216. The van der Waals surface area contributed by atoms with E-state index >= 15 is 0 Å². The number of nitrogens with zero attached hydrogens (tertiary/aromatic N) is 1. The summed E-state index contributed by atoms with van der Waals surface area (Å²) in [6, 6.07) is -0.298. The van der Waals surface area contributed by atoms with Crippen molar-refractivity contribution in [3.05, 3.63) is 0 Å². The predicted molar refractivity (Wildman–Crippen MR) is 49.1 cm³/mol. The quantitative estimate of drug-likeness (QED) is 0.678. The SMILES string of the molecule is CCCCN1C(=O)CNC(=O)C1C.